The van der Waals surface area contributed by atoms with E-state index in [1.807, 2.05) is 0 Å². The second kappa shape index (κ2) is 6.69. The van der Waals surface area contributed by atoms with Crippen LogP contribution < -0.4 is 5.32 Å². The molecule has 0 radical (unpaired) electrons. The number of rotatable bonds is 2. The van der Waals surface area contributed by atoms with Crippen LogP contribution in [0.3, 0.4) is 0 Å². The molecule has 2 aromatic rings. The van der Waals surface area contributed by atoms with Gasteiger partial charge in [-0.1, -0.05) is 0 Å². The minimum Gasteiger partial charge on any atom is -0.335 e. The van der Waals surface area contributed by atoms with Gasteiger partial charge in [0.25, 0.3) is 5.91 Å². The Morgan fingerprint density at radius 1 is 1.19 bits per heavy atom. The number of aromatic amines is 1. The van der Waals surface area contributed by atoms with E-state index < -0.39 is 0 Å². The molecule has 1 aliphatic heterocycles. The van der Waals surface area contributed by atoms with E-state index in [4.69, 9.17) is 0 Å². The summed E-state index contributed by atoms with van der Waals surface area (Å²) in [4.78, 5) is 14.1. The molecule has 0 atom stereocenters. The first-order chi connectivity index (χ1) is 9.74. The molecule has 1 aliphatic rings. The first-order valence-electron chi connectivity index (χ1n) is 6.55. The van der Waals surface area contributed by atoms with Gasteiger partial charge in [0.15, 0.2) is 0 Å². The molecule has 1 amide bonds. The summed E-state index contributed by atoms with van der Waals surface area (Å²) in [6, 6.07) is 7.75. The third-order valence-electron chi connectivity index (χ3n) is 3.35. The zero-order valence-corrected chi connectivity index (χ0v) is 12.1. The number of amides is 1. The lowest BCUT2D eigenvalue weighted by atomic mass is 10.1. The van der Waals surface area contributed by atoms with Gasteiger partial charge in [-0.25, -0.2) is 4.39 Å². The van der Waals surface area contributed by atoms with Gasteiger partial charge in [0.2, 0.25) is 0 Å². The lowest BCUT2D eigenvalue weighted by Crippen LogP contribution is -2.46. The maximum atomic E-state index is 12.9. The summed E-state index contributed by atoms with van der Waals surface area (Å²) in [6.45, 7) is 3.02. The SMILES string of the molecule is Cl.O=C(c1cc(-c2ccc(F)cc2)n[nH]1)N1CCNCC1. The fourth-order valence-corrected chi connectivity index (χ4v) is 2.24. The van der Waals surface area contributed by atoms with Gasteiger partial charge in [0.1, 0.15) is 11.5 Å². The second-order valence-corrected chi connectivity index (χ2v) is 4.72. The first kappa shape index (κ1) is 15.5. The predicted molar refractivity (Wildman–Crippen MR) is 80.0 cm³/mol. The van der Waals surface area contributed by atoms with Gasteiger partial charge < -0.3 is 10.2 Å². The number of carbonyl (C=O) groups is 1. The van der Waals surface area contributed by atoms with Gasteiger partial charge in [-0.15, -0.1) is 12.4 Å². The van der Waals surface area contributed by atoms with Crippen molar-refractivity contribution < 1.29 is 9.18 Å². The molecule has 2 heterocycles. The monoisotopic (exact) mass is 310 g/mol. The summed E-state index contributed by atoms with van der Waals surface area (Å²) in [5.41, 5.74) is 1.89. The number of nitrogens with one attached hydrogen (secondary N) is 2. The van der Waals surface area contributed by atoms with Gasteiger partial charge >= 0.3 is 0 Å². The van der Waals surface area contributed by atoms with Crippen LogP contribution in [0.2, 0.25) is 0 Å². The Hall–Kier alpha value is -1.92. The number of benzene rings is 1. The topological polar surface area (TPSA) is 61.0 Å². The molecule has 112 valence electrons. The van der Waals surface area contributed by atoms with Crippen molar-refractivity contribution in [2.45, 2.75) is 0 Å². The largest absolute Gasteiger partial charge is 0.335 e. The van der Waals surface area contributed by atoms with Crippen molar-refractivity contribution in [3.05, 3.63) is 41.8 Å². The number of nitrogens with zero attached hydrogens (tertiary/aromatic N) is 2. The van der Waals surface area contributed by atoms with E-state index >= 15 is 0 Å². The van der Waals surface area contributed by atoms with Crippen LogP contribution in [0, 0.1) is 5.82 Å². The van der Waals surface area contributed by atoms with E-state index in [1.54, 1.807) is 23.1 Å². The zero-order valence-electron chi connectivity index (χ0n) is 11.3. The Labute approximate surface area is 127 Å². The number of carbonyl (C=O) groups excluding carboxylic acids is 1. The maximum absolute atomic E-state index is 12.9. The Morgan fingerprint density at radius 2 is 1.86 bits per heavy atom. The number of hydrogen-bond donors (Lipinski definition) is 2. The number of piperazine rings is 1. The van der Waals surface area contributed by atoms with Gasteiger partial charge in [-0.05, 0) is 30.3 Å². The van der Waals surface area contributed by atoms with Crippen LogP contribution in [0.4, 0.5) is 4.39 Å². The number of halogens is 2. The van der Waals surface area contributed by atoms with E-state index in [-0.39, 0.29) is 24.1 Å². The van der Waals surface area contributed by atoms with Crippen molar-refractivity contribution in [3.8, 4) is 11.3 Å². The van der Waals surface area contributed by atoms with Crippen molar-refractivity contribution in [3.63, 3.8) is 0 Å². The van der Waals surface area contributed by atoms with Gasteiger partial charge in [-0.3, -0.25) is 9.89 Å². The highest BCUT2D eigenvalue weighted by molar-refractivity contribution is 5.93. The molecular formula is C14H16ClFN4O. The summed E-state index contributed by atoms with van der Waals surface area (Å²) in [5, 5.41) is 10.1. The van der Waals surface area contributed by atoms with E-state index in [9.17, 15) is 9.18 Å². The summed E-state index contributed by atoms with van der Waals surface area (Å²) in [5.74, 6) is -0.339. The van der Waals surface area contributed by atoms with Gasteiger partial charge in [-0.2, -0.15) is 5.10 Å². The quantitative estimate of drug-likeness (QED) is 0.887. The van der Waals surface area contributed by atoms with Crippen LogP contribution in [-0.2, 0) is 0 Å². The molecule has 7 heteroatoms. The Bertz CT molecular complexity index is 608. The molecule has 1 aromatic carbocycles. The van der Waals surface area contributed by atoms with Gasteiger partial charge in [0, 0.05) is 31.7 Å². The number of hydrogen-bond acceptors (Lipinski definition) is 3. The predicted octanol–water partition coefficient (Wildman–Crippen LogP) is 1.68. The fourth-order valence-electron chi connectivity index (χ4n) is 2.24. The standard InChI is InChI=1S/C14H15FN4O.ClH/c15-11-3-1-10(2-4-11)12-9-13(18-17-12)14(20)19-7-5-16-6-8-19;/h1-4,9,16H,5-8H2,(H,17,18);1H. The molecule has 0 saturated carbocycles. The highest BCUT2D eigenvalue weighted by Gasteiger charge is 2.20. The fraction of sp³-hybridized carbons (Fsp3) is 0.286. The van der Waals surface area contributed by atoms with Crippen molar-refractivity contribution in [2.75, 3.05) is 26.2 Å². The summed E-state index contributed by atoms with van der Waals surface area (Å²) in [6.07, 6.45) is 0. The first-order valence-corrected chi connectivity index (χ1v) is 6.55. The second-order valence-electron chi connectivity index (χ2n) is 4.72. The lowest BCUT2D eigenvalue weighted by molar-refractivity contribution is 0.0730. The molecule has 5 nitrogen and oxygen atoms in total. The van der Waals surface area contributed by atoms with Crippen LogP contribution in [0.5, 0.6) is 0 Å². The van der Waals surface area contributed by atoms with E-state index in [0.29, 0.717) is 24.5 Å². The smallest absolute Gasteiger partial charge is 0.271 e. The molecular weight excluding hydrogens is 295 g/mol. The van der Waals surface area contributed by atoms with Crippen molar-refractivity contribution in [2.24, 2.45) is 0 Å². The molecule has 0 unspecified atom stereocenters. The van der Waals surface area contributed by atoms with Crippen molar-refractivity contribution in [1.82, 2.24) is 20.4 Å². The lowest BCUT2D eigenvalue weighted by Gasteiger charge is -2.26. The summed E-state index contributed by atoms with van der Waals surface area (Å²) >= 11 is 0. The third kappa shape index (κ3) is 3.40. The van der Waals surface area contributed by atoms with Crippen LogP contribution in [0.25, 0.3) is 11.3 Å². The van der Waals surface area contributed by atoms with E-state index in [2.05, 4.69) is 15.5 Å². The number of aromatic nitrogens is 2. The van der Waals surface area contributed by atoms with Crippen molar-refractivity contribution >= 4 is 18.3 Å². The van der Waals surface area contributed by atoms with Crippen LogP contribution in [0.15, 0.2) is 30.3 Å². The van der Waals surface area contributed by atoms with E-state index in [0.717, 1.165) is 18.7 Å². The minimum absolute atomic E-state index is 0. The van der Waals surface area contributed by atoms with Crippen molar-refractivity contribution in [1.29, 1.82) is 0 Å². The molecule has 0 bridgehead atoms. The average Bonchev–Trinajstić information content (AvgIpc) is 2.98. The highest BCUT2D eigenvalue weighted by atomic mass is 35.5. The summed E-state index contributed by atoms with van der Waals surface area (Å²) in [7, 11) is 0. The molecule has 1 fully saturated rings. The molecule has 1 saturated heterocycles. The normalized spacial score (nSPS) is 14.6. The molecule has 1 aromatic heterocycles. The Morgan fingerprint density at radius 3 is 2.52 bits per heavy atom. The van der Waals surface area contributed by atoms with Crippen LogP contribution >= 0.6 is 12.4 Å². The Kier molecular flexibility index (Phi) is 4.93. The molecule has 0 aliphatic carbocycles. The third-order valence-corrected chi connectivity index (χ3v) is 3.35. The summed E-state index contributed by atoms with van der Waals surface area (Å²) < 4.78 is 12.9. The molecule has 21 heavy (non-hydrogen) atoms. The van der Waals surface area contributed by atoms with Crippen LogP contribution in [-0.4, -0.2) is 47.2 Å². The Balaban J connectivity index is 0.00000161. The highest BCUT2D eigenvalue weighted by Crippen LogP contribution is 2.18. The average molecular weight is 311 g/mol. The van der Waals surface area contributed by atoms with E-state index in [1.165, 1.54) is 12.1 Å². The number of H-pyrrole nitrogens is 1. The molecule has 0 spiro atoms. The van der Waals surface area contributed by atoms with Crippen LogP contribution in [0.1, 0.15) is 10.5 Å². The minimum atomic E-state index is -0.290. The maximum Gasteiger partial charge on any atom is 0.271 e. The zero-order chi connectivity index (χ0) is 13.9. The molecule has 3 rings (SSSR count). The van der Waals surface area contributed by atoms with Gasteiger partial charge in [0.05, 0.1) is 5.69 Å². The molecule has 2 N–H and O–H groups in total.